The maximum absolute atomic E-state index is 12.0. The van der Waals surface area contributed by atoms with Gasteiger partial charge in [0.1, 0.15) is 6.04 Å². The number of amides is 2. The molecule has 0 aromatic rings. The SMILES string of the molecule is CCCCCCCCCCCCCC(=O)NC(CCC(N)=O)C(=O)OCC. The predicted molar refractivity (Wildman–Crippen MR) is 108 cm³/mol. The fourth-order valence-electron chi connectivity index (χ4n) is 2.99. The molecule has 0 rings (SSSR count). The molecule has 0 aliphatic heterocycles. The molecule has 2 amide bonds. The summed E-state index contributed by atoms with van der Waals surface area (Å²) in [4.78, 5) is 34.8. The predicted octanol–water partition coefficient (Wildman–Crippen LogP) is 4.00. The zero-order valence-electron chi connectivity index (χ0n) is 17.4. The Labute approximate surface area is 165 Å². The van der Waals surface area contributed by atoms with Crippen molar-refractivity contribution in [1.29, 1.82) is 0 Å². The van der Waals surface area contributed by atoms with Crippen molar-refractivity contribution in [3.63, 3.8) is 0 Å². The second-order valence-corrected chi connectivity index (χ2v) is 7.16. The number of ether oxygens (including phenoxy) is 1. The smallest absolute Gasteiger partial charge is 0.328 e. The van der Waals surface area contributed by atoms with Crippen LogP contribution in [0.2, 0.25) is 0 Å². The van der Waals surface area contributed by atoms with Crippen molar-refractivity contribution in [2.45, 2.75) is 110 Å². The van der Waals surface area contributed by atoms with Gasteiger partial charge in [0.05, 0.1) is 6.61 Å². The highest BCUT2D eigenvalue weighted by Crippen LogP contribution is 2.12. The summed E-state index contributed by atoms with van der Waals surface area (Å²) in [6.07, 6.45) is 14.1. The Balaban J connectivity index is 3.79. The van der Waals surface area contributed by atoms with Gasteiger partial charge in [0.25, 0.3) is 0 Å². The van der Waals surface area contributed by atoms with E-state index in [2.05, 4.69) is 12.2 Å². The van der Waals surface area contributed by atoms with Gasteiger partial charge in [0.15, 0.2) is 0 Å². The molecule has 0 fully saturated rings. The summed E-state index contributed by atoms with van der Waals surface area (Å²) in [6.45, 7) is 4.18. The Morgan fingerprint density at radius 2 is 1.33 bits per heavy atom. The first-order valence-corrected chi connectivity index (χ1v) is 10.8. The number of hydrogen-bond donors (Lipinski definition) is 2. The summed E-state index contributed by atoms with van der Waals surface area (Å²) < 4.78 is 4.94. The zero-order chi connectivity index (χ0) is 20.3. The topological polar surface area (TPSA) is 98.5 Å². The van der Waals surface area contributed by atoms with E-state index in [1.165, 1.54) is 51.4 Å². The number of unbranched alkanes of at least 4 members (excludes halogenated alkanes) is 10. The summed E-state index contributed by atoms with van der Waals surface area (Å²) in [5, 5.41) is 2.67. The van der Waals surface area contributed by atoms with Gasteiger partial charge in [0.2, 0.25) is 11.8 Å². The minimum atomic E-state index is -0.794. The van der Waals surface area contributed by atoms with E-state index in [1.54, 1.807) is 6.92 Å². The first-order valence-electron chi connectivity index (χ1n) is 10.8. The molecule has 27 heavy (non-hydrogen) atoms. The number of nitrogens with one attached hydrogen (secondary N) is 1. The number of primary amides is 1. The molecule has 0 saturated carbocycles. The van der Waals surface area contributed by atoms with Gasteiger partial charge in [-0.2, -0.15) is 0 Å². The number of esters is 1. The molecule has 1 atom stereocenters. The minimum absolute atomic E-state index is 0.0439. The molecule has 3 N–H and O–H groups in total. The maximum atomic E-state index is 12.0. The molecule has 0 spiro atoms. The van der Waals surface area contributed by atoms with Gasteiger partial charge in [-0.15, -0.1) is 0 Å². The molecule has 1 unspecified atom stereocenters. The second-order valence-electron chi connectivity index (χ2n) is 7.16. The van der Waals surface area contributed by atoms with Gasteiger partial charge < -0.3 is 15.8 Å². The highest BCUT2D eigenvalue weighted by Gasteiger charge is 2.22. The molecule has 0 aromatic heterocycles. The van der Waals surface area contributed by atoms with E-state index < -0.39 is 17.9 Å². The Bertz CT molecular complexity index is 413. The Morgan fingerprint density at radius 3 is 1.81 bits per heavy atom. The van der Waals surface area contributed by atoms with Crippen LogP contribution >= 0.6 is 0 Å². The zero-order valence-corrected chi connectivity index (χ0v) is 17.4. The molecule has 6 nitrogen and oxygen atoms in total. The van der Waals surface area contributed by atoms with Crippen LogP contribution < -0.4 is 11.1 Å². The molecule has 0 aromatic carbocycles. The molecule has 0 radical (unpaired) electrons. The van der Waals surface area contributed by atoms with Crippen LogP contribution in [0.3, 0.4) is 0 Å². The van der Waals surface area contributed by atoms with Crippen LogP contribution in [0.1, 0.15) is 104 Å². The monoisotopic (exact) mass is 384 g/mol. The summed E-state index contributed by atoms with van der Waals surface area (Å²) in [7, 11) is 0. The molecule has 0 saturated heterocycles. The molecule has 158 valence electrons. The molecule has 0 aliphatic rings. The van der Waals surface area contributed by atoms with E-state index >= 15 is 0 Å². The quantitative estimate of drug-likeness (QED) is 0.276. The first kappa shape index (κ1) is 25.4. The third-order valence-corrected chi connectivity index (χ3v) is 4.59. The van der Waals surface area contributed by atoms with E-state index in [0.717, 1.165) is 19.3 Å². The van der Waals surface area contributed by atoms with Crippen LogP contribution in [-0.2, 0) is 19.1 Å². The molecule has 0 aliphatic carbocycles. The number of carbonyl (C=O) groups is 3. The standard InChI is InChI=1S/C21H40N2O4/c1-3-5-6-7-8-9-10-11-12-13-14-15-20(25)23-18(16-17-19(22)24)21(26)27-4-2/h18H,3-17H2,1-2H3,(H2,22,24)(H,23,25). The molecule has 6 heteroatoms. The highest BCUT2D eigenvalue weighted by molar-refractivity contribution is 5.85. The van der Waals surface area contributed by atoms with Crippen LogP contribution in [0.4, 0.5) is 0 Å². The lowest BCUT2D eigenvalue weighted by Gasteiger charge is -2.16. The van der Waals surface area contributed by atoms with E-state index in [1.807, 2.05) is 0 Å². The lowest BCUT2D eigenvalue weighted by atomic mass is 10.0. The largest absolute Gasteiger partial charge is 0.464 e. The van der Waals surface area contributed by atoms with Crippen LogP contribution in [0, 0.1) is 0 Å². The molecular formula is C21H40N2O4. The lowest BCUT2D eigenvalue weighted by molar-refractivity contribution is -0.147. The van der Waals surface area contributed by atoms with Gasteiger partial charge in [-0.1, -0.05) is 71.1 Å². The maximum Gasteiger partial charge on any atom is 0.328 e. The third kappa shape index (κ3) is 16.3. The van der Waals surface area contributed by atoms with Crippen LogP contribution in [-0.4, -0.2) is 30.4 Å². The molecule has 0 bridgehead atoms. The van der Waals surface area contributed by atoms with E-state index in [4.69, 9.17) is 10.5 Å². The van der Waals surface area contributed by atoms with E-state index in [9.17, 15) is 14.4 Å². The summed E-state index contributed by atoms with van der Waals surface area (Å²) in [5.41, 5.74) is 5.12. The van der Waals surface area contributed by atoms with Crippen LogP contribution in [0.15, 0.2) is 0 Å². The van der Waals surface area contributed by atoms with Crippen molar-refractivity contribution < 1.29 is 19.1 Å². The number of carbonyl (C=O) groups excluding carboxylic acids is 3. The normalized spacial score (nSPS) is 11.8. The van der Waals surface area contributed by atoms with E-state index in [-0.39, 0.29) is 25.4 Å². The van der Waals surface area contributed by atoms with Gasteiger partial charge in [-0.25, -0.2) is 4.79 Å². The summed E-state index contributed by atoms with van der Waals surface area (Å²) >= 11 is 0. The first-order chi connectivity index (χ1) is 13.0. The fourth-order valence-corrected chi connectivity index (χ4v) is 2.99. The second kappa shape index (κ2) is 17.8. The lowest BCUT2D eigenvalue weighted by Crippen LogP contribution is -2.42. The van der Waals surface area contributed by atoms with Gasteiger partial charge in [-0.3, -0.25) is 9.59 Å². The van der Waals surface area contributed by atoms with Crippen molar-refractivity contribution in [2.24, 2.45) is 5.73 Å². The van der Waals surface area contributed by atoms with E-state index in [0.29, 0.717) is 6.42 Å². The summed E-state index contributed by atoms with van der Waals surface area (Å²) in [5.74, 6) is -1.18. The Morgan fingerprint density at radius 1 is 0.815 bits per heavy atom. The molecule has 0 heterocycles. The average Bonchev–Trinajstić information content (AvgIpc) is 2.63. The van der Waals surface area contributed by atoms with Crippen molar-refractivity contribution in [3.8, 4) is 0 Å². The third-order valence-electron chi connectivity index (χ3n) is 4.59. The fraction of sp³-hybridized carbons (Fsp3) is 0.857. The number of rotatable bonds is 18. The molecular weight excluding hydrogens is 344 g/mol. The Hall–Kier alpha value is -1.59. The number of hydrogen-bond acceptors (Lipinski definition) is 4. The minimum Gasteiger partial charge on any atom is -0.464 e. The summed E-state index contributed by atoms with van der Waals surface area (Å²) in [6, 6.07) is -0.794. The van der Waals surface area contributed by atoms with Crippen LogP contribution in [0.5, 0.6) is 0 Å². The van der Waals surface area contributed by atoms with Crippen molar-refractivity contribution >= 4 is 17.8 Å². The van der Waals surface area contributed by atoms with Crippen molar-refractivity contribution in [1.82, 2.24) is 5.32 Å². The van der Waals surface area contributed by atoms with Gasteiger partial charge >= 0.3 is 5.97 Å². The van der Waals surface area contributed by atoms with Crippen LogP contribution in [0.25, 0.3) is 0 Å². The highest BCUT2D eigenvalue weighted by atomic mass is 16.5. The van der Waals surface area contributed by atoms with Crippen molar-refractivity contribution in [2.75, 3.05) is 6.61 Å². The average molecular weight is 385 g/mol. The Kier molecular flexibility index (Phi) is 16.8. The van der Waals surface area contributed by atoms with Crippen molar-refractivity contribution in [3.05, 3.63) is 0 Å². The van der Waals surface area contributed by atoms with Gasteiger partial charge in [-0.05, 0) is 19.8 Å². The van der Waals surface area contributed by atoms with Gasteiger partial charge in [0, 0.05) is 12.8 Å². The number of nitrogens with two attached hydrogens (primary N) is 1.